The van der Waals surface area contributed by atoms with Gasteiger partial charge in [0.1, 0.15) is 0 Å². The highest BCUT2D eigenvalue weighted by atomic mass is 79.9. The molecule has 0 aromatic carbocycles. The van der Waals surface area contributed by atoms with Crippen molar-refractivity contribution in [2.75, 3.05) is 11.9 Å². The predicted octanol–water partition coefficient (Wildman–Crippen LogP) is 1.63. The number of alkyl halides is 1. The van der Waals surface area contributed by atoms with E-state index < -0.39 is 5.69 Å². The third-order valence-electron chi connectivity index (χ3n) is 4.14. The van der Waals surface area contributed by atoms with Crippen LogP contribution in [0.5, 0.6) is 0 Å². The Balaban J connectivity index is 1.64. The van der Waals surface area contributed by atoms with Crippen LogP contribution in [0.15, 0.2) is 15.9 Å². The minimum Gasteiger partial charge on any atom is -0.373 e. The summed E-state index contributed by atoms with van der Waals surface area (Å²) in [5, 5.41) is 0.556. The number of aromatic amines is 1. The number of aromatic nitrogens is 4. The third kappa shape index (κ3) is 3.92. The molecule has 1 saturated heterocycles. The second-order valence-corrected chi connectivity index (χ2v) is 6.66. The summed E-state index contributed by atoms with van der Waals surface area (Å²) >= 11 is 3.26. The predicted molar refractivity (Wildman–Crippen MR) is 91.2 cm³/mol. The molecule has 23 heavy (non-hydrogen) atoms. The lowest BCUT2D eigenvalue weighted by molar-refractivity contribution is 0.387. The summed E-state index contributed by atoms with van der Waals surface area (Å²) in [7, 11) is 0. The zero-order valence-corrected chi connectivity index (χ0v) is 14.5. The van der Waals surface area contributed by atoms with Gasteiger partial charge >= 0.3 is 5.69 Å². The van der Waals surface area contributed by atoms with Gasteiger partial charge in [0.25, 0.3) is 5.56 Å². The van der Waals surface area contributed by atoms with Crippen molar-refractivity contribution in [1.82, 2.24) is 19.1 Å². The fraction of sp³-hybridized carbons (Fsp3) is 0.667. The van der Waals surface area contributed by atoms with Crippen LogP contribution in [0.3, 0.4) is 0 Å². The fourth-order valence-corrected chi connectivity index (χ4v) is 3.14. The molecule has 1 atom stereocenters. The van der Waals surface area contributed by atoms with Gasteiger partial charge < -0.3 is 9.30 Å². The Labute approximate surface area is 141 Å². The molecule has 1 N–H and O–H groups in total. The number of H-pyrrole nitrogens is 1. The summed E-state index contributed by atoms with van der Waals surface area (Å²) in [6, 6.07) is 0. The molecule has 0 radical (unpaired) electrons. The summed E-state index contributed by atoms with van der Waals surface area (Å²) < 4.78 is 8.26. The minimum absolute atomic E-state index is 0.272. The fourth-order valence-electron chi connectivity index (χ4n) is 2.79. The molecule has 2 aromatic rings. The van der Waals surface area contributed by atoms with Gasteiger partial charge in [0, 0.05) is 18.4 Å². The number of epoxide rings is 1. The number of hydrogen-bond donors (Lipinski definition) is 1. The smallest absolute Gasteiger partial charge is 0.330 e. The average molecular weight is 385 g/mol. The quantitative estimate of drug-likeness (QED) is 0.404. The van der Waals surface area contributed by atoms with Crippen LogP contribution < -0.4 is 11.2 Å². The Morgan fingerprint density at radius 2 is 2.04 bits per heavy atom. The van der Waals surface area contributed by atoms with Crippen LogP contribution >= 0.6 is 15.9 Å². The second kappa shape index (κ2) is 7.44. The Bertz CT molecular complexity index is 775. The Morgan fingerprint density at radius 1 is 1.26 bits per heavy atom. The molecule has 126 valence electrons. The number of halogens is 1. The zero-order chi connectivity index (χ0) is 16.2. The van der Waals surface area contributed by atoms with Crippen LogP contribution in [0, 0.1) is 0 Å². The van der Waals surface area contributed by atoms with Gasteiger partial charge in [-0.2, -0.15) is 0 Å². The van der Waals surface area contributed by atoms with Gasteiger partial charge in [-0.15, -0.1) is 0 Å². The molecule has 8 heteroatoms. The molecule has 0 saturated carbocycles. The number of fused-ring (bicyclic) bond motifs is 1. The van der Waals surface area contributed by atoms with Crippen molar-refractivity contribution in [1.29, 1.82) is 0 Å². The van der Waals surface area contributed by atoms with Crippen LogP contribution in [0.4, 0.5) is 0 Å². The van der Waals surface area contributed by atoms with E-state index in [1.165, 1.54) is 17.4 Å². The number of nitrogens with one attached hydrogen (secondary N) is 1. The van der Waals surface area contributed by atoms with E-state index in [1.54, 1.807) is 6.33 Å². The van der Waals surface area contributed by atoms with Crippen molar-refractivity contribution in [3.05, 3.63) is 27.2 Å². The van der Waals surface area contributed by atoms with Crippen LogP contribution in [-0.4, -0.2) is 37.1 Å². The number of unbranched alkanes of at least 4 members (excludes halogenated alkanes) is 3. The van der Waals surface area contributed by atoms with E-state index in [9.17, 15) is 9.59 Å². The molecule has 0 spiro atoms. The van der Waals surface area contributed by atoms with Crippen LogP contribution in [-0.2, 0) is 17.8 Å². The molecule has 0 bridgehead atoms. The van der Waals surface area contributed by atoms with E-state index in [2.05, 4.69) is 25.9 Å². The molecule has 1 aliphatic heterocycles. The van der Waals surface area contributed by atoms with Crippen molar-refractivity contribution in [3.8, 4) is 0 Å². The summed E-state index contributed by atoms with van der Waals surface area (Å²) in [6.45, 7) is 2.02. The van der Waals surface area contributed by atoms with E-state index in [-0.39, 0.29) is 5.56 Å². The highest BCUT2D eigenvalue weighted by molar-refractivity contribution is 9.09. The van der Waals surface area contributed by atoms with E-state index in [0.717, 1.165) is 32.4 Å². The monoisotopic (exact) mass is 384 g/mol. The lowest BCUT2D eigenvalue weighted by Gasteiger charge is -2.06. The van der Waals surface area contributed by atoms with Gasteiger partial charge in [0.2, 0.25) is 0 Å². The Hall–Kier alpha value is -1.41. The second-order valence-electron chi connectivity index (χ2n) is 5.87. The molecule has 1 fully saturated rings. The lowest BCUT2D eigenvalue weighted by atomic mass is 10.1. The maximum atomic E-state index is 12.5. The molecule has 0 aliphatic carbocycles. The van der Waals surface area contributed by atoms with Gasteiger partial charge in [0.15, 0.2) is 11.2 Å². The van der Waals surface area contributed by atoms with Crippen LogP contribution in [0.1, 0.15) is 32.1 Å². The number of imidazole rings is 1. The number of ether oxygens (including phenoxy) is 1. The Kier molecular flexibility index (Phi) is 5.32. The number of rotatable bonds is 9. The van der Waals surface area contributed by atoms with Crippen molar-refractivity contribution in [3.63, 3.8) is 0 Å². The molecule has 7 nitrogen and oxygen atoms in total. The molecule has 2 aromatic heterocycles. The van der Waals surface area contributed by atoms with Gasteiger partial charge in [0.05, 0.1) is 19.0 Å². The van der Waals surface area contributed by atoms with Crippen molar-refractivity contribution < 1.29 is 4.74 Å². The maximum Gasteiger partial charge on any atom is 0.330 e. The molecule has 3 heterocycles. The summed E-state index contributed by atoms with van der Waals surface area (Å²) in [4.78, 5) is 31.2. The first-order valence-corrected chi connectivity index (χ1v) is 9.18. The highest BCUT2D eigenvalue weighted by Gasteiger charge is 2.20. The molecule has 3 rings (SSSR count). The third-order valence-corrected chi connectivity index (χ3v) is 4.50. The van der Waals surface area contributed by atoms with Crippen molar-refractivity contribution in [2.24, 2.45) is 0 Å². The topological polar surface area (TPSA) is 85.2 Å². The first-order valence-electron chi connectivity index (χ1n) is 8.06. The van der Waals surface area contributed by atoms with Gasteiger partial charge in [-0.25, -0.2) is 9.78 Å². The van der Waals surface area contributed by atoms with E-state index in [4.69, 9.17) is 4.74 Å². The first kappa shape index (κ1) is 16.4. The largest absolute Gasteiger partial charge is 0.373 e. The number of aryl methyl sites for hydroxylation is 1. The zero-order valence-electron chi connectivity index (χ0n) is 13.0. The summed E-state index contributed by atoms with van der Waals surface area (Å²) in [6.07, 6.45) is 7.79. The van der Waals surface area contributed by atoms with Crippen molar-refractivity contribution in [2.45, 2.75) is 51.3 Å². The van der Waals surface area contributed by atoms with E-state index >= 15 is 0 Å². The van der Waals surface area contributed by atoms with E-state index in [0.29, 0.717) is 29.1 Å². The highest BCUT2D eigenvalue weighted by Crippen LogP contribution is 2.17. The van der Waals surface area contributed by atoms with Crippen LogP contribution in [0.2, 0.25) is 0 Å². The number of hydrogen-bond acceptors (Lipinski definition) is 4. The normalized spacial score (nSPS) is 17.0. The Morgan fingerprint density at radius 3 is 2.78 bits per heavy atom. The number of nitrogens with zero attached hydrogens (tertiary/aromatic N) is 3. The molecule has 1 aliphatic rings. The summed E-state index contributed by atoms with van der Waals surface area (Å²) in [5.74, 6) is 0. The first-order chi connectivity index (χ1) is 11.2. The van der Waals surface area contributed by atoms with Gasteiger partial charge in [-0.1, -0.05) is 35.2 Å². The minimum atomic E-state index is -0.408. The SMILES string of the molecule is O=c1[nH]c2ncn(CCCCCCC3CO3)c2c(=O)n1CCBr. The van der Waals surface area contributed by atoms with Crippen molar-refractivity contribution >= 4 is 27.1 Å². The standard InChI is InChI=1S/C15H21BrN4O3/c16-6-8-20-14(21)12-13(18-15(20)22)17-10-19(12)7-4-2-1-3-5-11-9-23-11/h10-11H,1-9H2,(H,18,22). The summed E-state index contributed by atoms with van der Waals surface area (Å²) in [5.41, 5.74) is 0.176. The molecular formula is C15H21BrN4O3. The van der Waals surface area contributed by atoms with Crippen LogP contribution in [0.25, 0.3) is 11.2 Å². The van der Waals surface area contributed by atoms with Gasteiger partial charge in [-0.05, 0) is 12.8 Å². The maximum absolute atomic E-state index is 12.5. The van der Waals surface area contributed by atoms with E-state index in [1.807, 2.05) is 4.57 Å². The molecular weight excluding hydrogens is 364 g/mol. The van der Waals surface area contributed by atoms with Gasteiger partial charge in [-0.3, -0.25) is 14.3 Å². The molecule has 1 unspecified atom stereocenters. The average Bonchev–Trinajstić information content (AvgIpc) is 3.27. The molecule has 0 amide bonds. The lowest BCUT2D eigenvalue weighted by Crippen LogP contribution is -2.36.